The molecule has 0 spiro atoms. The van der Waals surface area contributed by atoms with E-state index in [2.05, 4.69) is 20.1 Å². The lowest BCUT2D eigenvalue weighted by Crippen LogP contribution is -2.25. The van der Waals surface area contributed by atoms with Crippen LogP contribution in [0.1, 0.15) is 11.3 Å². The van der Waals surface area contributed by atoms with Crippen molar-refractivity contribution >= 4 is 28.2 Å². The molecule has 5 aromatic rings. The van der Waals surface area contributed by atoms with Crippen molar-refractivity contribution in [1.29, 1.82) is 0 Å². The third kappa shape index (κ3) is 2.69. The molecule has 0 saturated heterocycles. The number of para-hydroxylation sites is 1. The average molecular weight is 412 g/mol. The molecule has 0 fully saturated rings. The van der Waals surface area contributed by atoms with E-state index in [4.69, 9.17) is 10.7 Å². The molecule has 0 bridgehead atoms. The second-order valence-corrected chi connectivity index (χ2v) is 7.47. The molecule has 0 aliphatic carbocycles. The van der Waals surface area contributed by atoms with Crippen molar-refractivity contribution in [3.05, 3.63) is 80.9 Å². The molecular formula is C21H16N8O2. The van der Waals surface area contributed by atoms with Crippen LogP contribution in [0.2, 0.25) is 0 Å². The molecule has 1 aliphatic rings. The van der Waals surface area contributed by atoms with Gasteiger partial charge in [-0.1, -0.05) is 18.2 Å². The summed E-state index contributed by atoms with van der Waals surface area (Å²) in [6.07, 6.45) is 3.51. The van der Waals surface area contributed by atoms with E-state index in [0.29, 0.717) is 41.6 Å². The summed E-state index contributed by atoms with van der Waals surface area (Å²) in [6, 6.07) is 11.6. The quantitative estimate of drug-likeness (QED) is 0.399. The molecule has 10 heteroatoms. The zero-order valence-electron chi connectivity index (χ0n) is 16.2. The maximum absolute atomic E-state index is 12.1. The highest BCUT2D eigenvalue weighted by Crippen LogP contribution is 2.30. The van der Waals surface area contributed by atoms with E-state index in [0.717, 1.165) is 22.0 Å². The van der Waals surface area contributed by atoms with Crippen LogP contribution in [0.5, 0.6) is 0 Å². The first kappa shape index (κ1) is 17.4. The Morgan fingerprint density at radius 2 is 1.90 bits per heavy atom. The van der Waals surface area contributed by atoms with Crippen LogP contribution in [0, 0.1) is 0 Å². The molecule has 31 heavy (non-hydrogen) atoms. The molecule has 0 amide bonds. The van der Waals surface area contributed by atoms with Crippen molar-refractivity contribution in [1.82, 2.24) is 29.5 Å². The number of nitrogens with two attached hydrogens (primary N) is 1. The number of fused-ring (bicyclic) bond motifs is 3. The zero-order chi connectivity index (χ0) is 21.1. The van der Waals surface area contributed by atoms with Crippen molar-refractivity contribution in [3.8, 4) is 11.1 Å². The summed E-state index contributed by atoms with van der Waals surface area (Å²) in [7, 11) is 0. The van der Waals surface area contributed by atoms with Gasteiger partial charge >= 0.3 is 5.69 Å². The number of anilines is 2. The van der Waals surface area contributed by atoms with Crippen LogP contribution in [-0.2, 0) is 13.1 Å². The SMILES string of the molecule is Nc1cc(N2Cc3[nH]c(=O)[nH]c(=O)c3C2)nc2c(-c3cnc4ccccc4c3)cnn12. The van der Waals surface area contributed by atoms with Gasteiger partial charge in [-0.25, -0.2) is 9.78 Å². The van der Waals surface area contributed by atoms with Gasteiger partial charge in [0.1, 0.15) is 11.6 Å². The summed E-state index contributed by atoms with van der Waals surface area (Å²) in [5.74, 6) is 1.01. The van der Waals surface area contributed by atoms with E-state index in [1.165, 1.54) is 0 Å². The lowest BCUT2D eigenvalue weighted by atomic mass is 10.1. The van der Waals surface area contributed by atoms with Crippen LogP contribution in [0.15, 0.2) is 58.4 Å². The summed E-state index contributed by atoms with van der Waals surface area (Å²) in [6.45, 7) is 0.684. The van der Waals surface area contributed by atoms with Gasteiger partial charge in [-0.2, -0.15) is 9.61 Å². The Kier molecular flexibility index (Phi) is 3.51. The summed E-state index contributed by atoms with van der Waals surface area (Å²) in [5.41, 5.74) is 9.63. The van der Waals surface area contributed by atoms with E-state index >= 15 is 0 Å². The monoisotopic (exact) mass is 412 g/mol. The molecule has 1 aromatic carbocycles. The van der Waals surface area contributed by atoms with Gasteiger partial charge < -0.3 is 15.6 Å². The van der Waals surface area contributed by atoms with Crippen molar-refractivity contribution in [2.24, 2.45) is 0 Å². The van der Waals surface area contributed by atoms with Gasteiger partial charge in [0.15, 0.2) is 5.65 Å². The molecule has 10 nitrogen and oxygen atoms in total. The fourth-order valence-corrected chi connectivity index (χ4v) is 4.02. The summed E-state index contributed by atoms with van der Waals surface area (Å²) in [4.78, 5) is 39.9. The number of aromatic amines is 2. The van der Waals surface area contributed by atoms with E-state index < -0.39 is 5.69 Å². The summed E-state index contributed by atoms with van der Waals surface area (Å²) < 4.78 is 1.58. The Balaban J connectivity index is 1.47. The topological polar surface area (TPSA) is 138 Å². The molecule has 6 rings (SSSR count). The highest BCUT2D eigenvalue weighted by Gasteiger charge is 2.25. The van der Waals surface area contributed by atoms with Crippen molar-refractivity contribution in [3.63, 3.8) is 0 Å². The Morgan fingerprint density at radius 1 is 1.03 bits per heavy atom. The first-order valence-corrected chi connectivity index (χ1v) is 9.65. The van der Waals surface area contributed by atoms with Gasteiger partial charge in [-0.15, -0.1) is 0 Å². The van der Waals surface area contributed by atoms with Crippen LogP contribution in [0.25, 0.3) is 27.7 Å². The molecule has 0 atom stereocenters. The smallest absolute Gasteiger partial charge is 0.325 e. The molecule has 152 valence electrons. The van der Waals surface area contributed by atoms with E-state index in [1.807, 2.05) is 35.2 Å². The van der Waals surface area contributed by atoms with E-state index in [-0.39, 0.29) is 5.56 Å². The first-order chi connectivity index (χ1) is 15.1. The number of benzene rings is 1. The van der Waals surface area contributed by atoms with E-state index in [9.17, 15) is 9.59 Å². The molecule has 0 saturated carbocycles. The van der Waals surface area contributed by atoms with Gasteiger partial charge in [0.25, 0.3) is 5.56 Å². The minimum atomic E-state index is -0.518. The fourth-order valence-electron chi connectivity index (χ4n) is 4.02. The fraction of sp³-hybridized carbons (Fsp3) is 0.0952. The van der Waals surface area contributed by atoms with E-state index in [1.54, 1.807) is 23.0 Å². The predicted octanol–water partition coefficient (Wildman–Crippen LogP) is 1.42. The Bertz CT molecular complexity index is 1610. The number of nitrogen functional groups attached to an aromatic ring is 1. The Labute approximate surface area is 174 Å². The lowest BCUT2D eigenvalue weighted by Gasteiger charge is -2.17. The minimum Gasteiger partial charge on any atom is -0.383 e. The van der Waals surface area contributed by atoms with Crippen LogP contribution >= 0.6 is 0 Å². The number of nitrogens with zero attached hydrogens (tertiary/aromatic N) is 5. The molecule has 0 unspecified atom stereocenters. The third-order valence-corrected chi connectivity index (χ3v) is 5.54. The van der Waals surface area contributed by atoms with Gasteiger partial charge in [0.05, 0.1) is 30.4 Å². The molecule has 4 N–H and O–H groups in total. The van der Waals surface area contributed by atoms with Crippen molar-refractivity contribution in [2.75, 3.05) is 10.6 Å². The van der Waals surface area contributed by atoms with Crippen LogP contribution in [0.4, 0.5) is 11.6 Å². The summed E-state index contributed by atoms with van der Waals surface area (Å²) >= 11 is 0. The van der Waals surface area contributed by atoms with Crippen LogP contribution in [-0.4, -0.2) is 29.5 Å². The van der Waals surface area contributed by atoms with Gasteiger partial charge in [-0.05, 0) is 12.1 Å². The number of aromatic nitrogens is 6. The van der Waals surface area contributed by atoms with Crippen molar-refractivity contribution < 1.29 is 0 Å². The molecule has 1 aliphatic heterocycles. The Hall–Kier alpha value is -4.47. The largest absolute Gasteiger partial charge is 0.383 e. The molecular weight excluding hydrogens is 396 g/mol. The number of hydrogen-bond acceptors (Lipinski definition) is 7. The van der Waals surface area contributed by atoms with Crippen LogP contribution < -0.4 is 21.9 Å². The van der Waals surface area contributed by atoms with Gasteiger partial charge in [-0.3, -0.25) is 14.8 Å². The second kappa shape index (κ2) is 6.26. The highest BCUT2D eigenvalue weighted by atomic mass is 16.2. The highest BCUT2D eigenvalue weighted by molar-refractivity contribution is 5.87. The van der Waals surface area contributed by atoms with Crippen molar-refractivity contribution in [2.45, 2.75) is 13.1 Å². The van der Waals surface area contributed by atoms with Crippen LogP contribution in [0.3, 0.4) is 0 Å². The first-order valence-electron chi connectivity index (χ1n) is 9.65. The molecule has 5 heterocycles. The number of hydrogen-bond donors (Lipinski definition) is 3. The Morgan fingerprint density at radius 3 is 2.81 bits per heavy atom. The number of H-pyrrole nitrogens is 2. The number of nitrogens with one attached hydrogen (secondary N) is 2. The predicted molar refractivity (Wildman–Crippen MR) is 116 cm³/mol. The molecule has 4 aromatic heterocycles. The normalized spacial score (nSPS) is 13.2. The second-order valence-electron chi connectivity index (χ2n) is 7.47. The molecule has 0 radical (unpaired) electrons. The zero-order valence-corrected chi connectivity index (χ0v) is 16.2. The number of rotatable bonds is 2. The maximum atomic E-state index is 12.1. The third-order valence-electron chi connectivity index (χ3n) is 5.54. The van der Waals surface area contributed by atoms with Gasteiger partial charge in [0.2, 0.25) is 0 Å². The summed E-state index contributed by atoms with van der Waals surface area (Å²) in [5, 5.41) is 5.40. The number of pyridine rings is 1. The standard InChI is InChI=1S/C21H16N8O2/c22-17-6-18(28-9-14-16(10-28)25-21(31)27-20(14)30)26-19-13(8-24-29(17)19)12-5-11-3-1-2-4-15(11)23-7-12/h1-8H,9-10,22H2,(H2,25,27,30,31). The maximum Gasteiger partial charge on any atom is 0.325 e. The average Bonchev–Trinajstić information content (AvgIpc) is 3.38. The van der Waals surface area contributed by atoms with Gasteiger partial charge in [0, 0.05) is 34.5 Å². The minimum absolute atomic E-state index is 0.324. The lowest BCUT2D eigenvalue weighted by molar-refractivity contribution is 0.838.